The third kappa shape index (κ3) is 4.71. The van der Waals surface area contributed by atoms with Crippen LogP contribution in [0.2, 0.25) is 0 Å². The van der Waals surface area contributed by atoms with Crippen molar-refractivity contribution in [1.29, 1.82) is 0 Å². The van der Waals surface area contributed by atoms with Crippen molar-refractivity contribution in [2.24, 2.45) is 0 Å². The van der Waals surface area contributed by atoms with Crippen LogP contribution in [-0.2, 0) is 32.2 Å². The maximum atomic E-state index is 6.58. The Hall–Kier alpha value is -2.15. The average molecular weight is 435 g/mol. The highest BCUT2D eigenvalue weighted by Crippen LogP contribution is 2.47. The van der Waals surface area contributed by atoms with Crippen molar-refractivity contribution in [3.8, 4) is 0 Å². The fourth-order valence-corrected chi connectivity index (χ4v) is 5.31. The number of rotatable bonds is 9. The summed E-state index contributed by atoms with van der Waals surface area (Å²) in [7, 11) is 0. The molecule has 2 aliphatic rings. The Bertz CT molecular complexity index is 953. The second-order valence-electron chi connectivity index (χ2n) is 7.95. The zero-order valence-electron chi connectivity index (χ0n) is 17.3. The molecule has 0 radical (unpaired) electrons. The number of thioether (sulfide) groups is 1. The van der Waals surface area contributed by atoms with Gasteiger partial charge in [-0.1, -0.05) is 90.6 Å². The lowest BCUT2D eigenvalue weighted by atomic mass is 10.0. The van der Waals surface area contributed by atoms with Gasteiger partial charge in [-0.25, -0.2) is 0 Å². The summed E-state index contributed by atoms with van der Waals surface area (Å²) in [5.74, 6) is 0. The Morgan fingerprint density at radius 3 is 2.10 bits per heavy atom. The molecule has 4 atom stereocenters. The van der Waals surface area contributed by atoms with Crippen molar-refractivity contribution in [3.63, 3.8) is 0 Å². The maximum absolute atomic E-state index is 6.58. The standard InChI is InChI=1S/C26H26O4S/c1-4-10-20(11-5-1)16-27-18-26-19-29-23(24(26)28-17-21-12-6-2-7-13-21)25(30-26)31-22-14-8-3-9-15-22/h1-15,23-25H,16-19H2/t23-,24+,25+,26+/m1/s1. The molecule has 2 heterocycles. The van der Waals surface area contributed by atoms with E-state index in [1.807, 2.05) is 54.6 Å². The molecule has 0 amide bonds. The summed E-state index contributed by atoms with van der Waals surface area (Å²) in [5.41, 5.74) is 1.56. The predicted octanol–water partition coefficient (Wildman–Crippen LogP) is 5.07. The van der Waals surface area contributed by atoms with Crippen molar-refractivity contribution < 1.29 is 18.9 Å². The fraction of sp³-hybridized carbons (Fsp3) is 0.308. The number of fused-ring (bicyclic) bond motifs is 2. The summed E-state index contributed by atoms with van der Waals surface area (Å²) in [6.45, 7) is 1.98. The van der Waals surface area contributed by atoms with Crippen molar-refractivity contribution in [3.05, 3.63) is 102 Å². The van der Waals surface area contributed by atoms with E-state index in [0.29, 0.717) is 26.4 Å². The van der Waals surface area contributed by atoms with Gasteiger partial charge in [-0.3, -0.25) is 0 Å². The predicted molar refractivity (Wildman–Crippen MR) is 121 cm³/mol. The Morgan fingerprint density at radius 1 is 0.806 bits per heavy atom. The molecule has 0 aromatic heterocycles. The van der Waals surface area contributed by atoms with Gasteiger partial charge in [-0.15, -0.1) is 0 Å². The van der Waals surface area contributed by atoms with Crippen LogP contribution < -0.4 is 0 Å². The average Bonchev–Trinajstić information content (AvgIpc) is 3.31. The minimum absolute atomic E-state index is 0.128. The molecule has 2 aliphatic heterocycles. The van der Waals surface area contributed by atoms with Crippen LogP contribution >= 0.6 is 11.8 Å². The third-order valence-corrected chi connectivity index (χ3v) is 6.82. The molecule has 2 bridgehead atoms. The van der Waals surface area contributed by atoms with Crippen molar-refractivity contribution in [1.82, 2.24) is 0 Å². The third-order valence-electron chi connectivity index (χ3n) is 5.68. The van der Waals surface area contributed by atoms with Crippen molar-refractivity contribution >= 4 is 11.8 Å². The minimum Gasteiger partial charge on any atom is -0.374 e. The molecule has 0 saturated carbocycles. The highest BCUT2D eigenvalue weighted by atomic mass is 32.2. The summed E-state index contributed by atoms with van der Waals surface area (Å²) in [6.07, 6.45) is -0.307. The van der Waals surface area contributed by atoms with Gasteiger partial charge in [0, 0.05) is 4.90 Å². The lowest BCUT2D eigenvalue weighted by molar-refractivity contribution is -0.152. The molecule has 2 saturated heterocycles. The molecule has 160 valence electrons. The first-order chi connectivity index (χ1) is 15.3. The molecule has 2 fully saturated rings. The van der Waals surface area contributed by atoms with E-state index in [-0.39, 0.29) is 17.6 Å². The first-order valence-electron chi connectivity index (χ1n) is 10.6. The van der Waals surface area contributed by atoms with Crippen molar-refractivity contribution in [2.45, 2.75) is 41.4 Å². The lowest BCUT2D eigenvalue weighted by Gasteiger charge is -2.31. The first kappa shape index (κ1) is 20.7. The molecule has 5 rings (SSSR count). The lowest BCUT2D eigenvalue weighted by Crippen LogP contribution is -2.46. The molecular formula is C26H26O4S. The molecule has 3 aromatic rings. The van der Waals surface area contributed by atoms with Gasteiger partial charge in [0.15, 0.2) is 0 Å². The topological polar surface area (TPSA) is 36.9 Å². The molecule has 4 nitrogen and oxygen atoms in total. The van der Waals surface area contributed by atoms with Crippen LogP contribution in [0.15, 0.2) is 95.9 Å². The quantitative estimate of drug-likeness (QED) is 0.470. The van der Waals surface area contributed by atoms with Crippen molar-refractivity contribution in [2.75, 3.05) is 13.2 Å². The first-order valence-corrected chi connectivity index (χ1v) is 11.5. The summed E-state index contributed by atoms with van der Waals surface area (Å²) in [5, 5.41) is 0. The van der Waals surface area contributed by atoms with Gasteiger partial charge in [0.2, 0.25) is 0 Å². The molecule has 31 heavy (non-hydrogen) atoms. The van der Waals surface area contributed by atoms with Gasteiger partial charge < -0.3 is 18.9 Å². The number of ether oxygens (including phenoxy) is 4. The van der Waals surface area contributed by atoms with E-state index in [0.717, 1.165) is 16.0 Å². The smallest absolute Gasteiger partial charge is 0.145 e. The molecule has 0 unspecified atom stereocenters. The van der Waals surface area contributed by atoms with E-state index in [2.05, 4.69) is 36.4 Å². The zero-order valence-corrected chi connectivity index (χ0v) is 18.1. The summed E-state index contributed by atoms with van der Waals surface area (Å²) >= 11 is 1.69. The van der Waals surface area contributed by atoms with E-state index in [1.54, 1.807) is 11.8 Å². The van der Waals surface area contributed by atoms with Crippen LogP contribution in [0.1, 0.15) is 11.1 Å². The van der Waals surface area contributed by atoms with Crippen LogP contribution in [0.4, 0.5) is 0 Å². The Morgan fingerprint density at radius 2 is 1.42 bits per heavy atom. The highest BCUT2D eigenvalue weighted by molar-refractivity contribution is 7.99. The van der Waals surface area contributed by atoms with Crippen LogP contribution in [0, 0.1) is 0 Å². The SMILES string of the molecule is c1ccc(COC[C@@]23CO[C@@H]([C@H](Sc4ccccc4)O2)[C@@H]3OCc2ccccc2)cc1. The van der Waals surface area contributed by atoms with Crippen LogP contribution in [0.25, 0.3) is 0 Å². The van der Waals surface area contributed by atoms with E-state index in [9.17, 15) is 0 Å². The molecular weight excluding hydrogens is 408 g/mol. The molecule has 3 aromatic carbocycles. The zero-order chi connectivity index (χ0) is 20.9. The fourth-order valence-electron chi connectivity index (χ4n) is 4.13. The van der Waals surface area contributed by atoms with Crippen LogP contribution in [0.3, 0.4) is 0 Å². The summed E-state index contributed by atoms with van der Waals surface area (Å²) < 4.78 is 25.3. The van der Waals surface area contributed by atoms with Crippen LogP contribution in [-0.4, -0.2) is 36.5 Å². The maximum Gasteiger partial charge on any atom is 0.145 e. The Labute approximate surface area is 187 Å². The second kappa shape index (κ2) is 9.55. The van der Waals surface area contributed by atoms with E-state index in [4.69, 9.17) is 18.9 Å². The van der Waals surface area contributed by atoms with Gasteiger partial charge in [-0.2, -0.15) is 0 Å². The van der Waals surface area contributed by atoms with Gasteiger partial charge >= 0.3 is 0 Å². The summed E-state index contributed by atoms with van der Waals surface area (Å²) in [4.78, 5) is 1.16. The van der Waals surface area contributed by atoms with Crippen LogP contribution in [0.5, 0.6) is 0 Å². The van der Waals surface area contributed by atoms with E-state index >= 15 is 0 Å². The van der Waals surface area contributed by atoms with Gasteiger partial charge in [-0.05, 0) is 23.3 Å². The molecule has 0 aliphatic carbocycles. The van der Waals surface area contributed by atoms with E-state index < -0.39 is 5.60 Å². The largest absolute Gasteiger partial charge is 0.374 e. The minimum atomic E-state index is -0.597. The Kier molecular flexibility index (Phi) is 6.39. The monoisotopic (exact) mass is 434 g/mol. The number of benzene rings is 3. The highest BCUT2D eigenvalue weighted by Gasteiger charge is 2.62. The van der Waals surface area contributed by atoms with Gasteiger partial charge in [0.05, 0.1) is 26.4 Å². The normalized spacial score (nSPS) is 26.9. The Balaban J connectivity index is 1.30. The van der Waals surface area contributed by atoms with Gasteiger partial charge in [0.25, 0.3) is 0 Å². The number of hydrogen-bond donors (Lipinski definition) is 0. The molecule has 0 spiro atoms. The number of hydrogen-bond acceptors (Lipinski definition) is 5. The summed E-state index contributed by atoms with van der Waals surface area (Å²) in [6, 6.07) is 30.7. The molecule has 0 N–H and O–H groups in total. The van der Waals surface area contributed by atoms with E-state index in [1.165, 1.54) is 0 Å². The molecule has 5 heteroatoms. The van der Waals surface area contributed by atoms with Gasteiger partial charge in [0.1, 0.15) is 23.2 Å². The second-order valence-corrected chi connectivity index (χ2v) is 9.12.